The van der Waals surface area contributed by atoms with E-state index in [-0.39, 0.29) is 37.3 Å². The summed E-state index contributed by atoms with van der Waals surface area (Å²) in [7, 11) is 0. The number of halogens is 1. The number of fused-ring (bicyclic) bond motifs is 1. The van der Waals surface area contributed by atoms with Crippen LogP contribution >= 0.6 is 23.7 Å². The fourth-order valence-electron chi connectivity index (χ4n) is 1.82. The highest BCUT2D eigenvalue weighted by Gasteiger charge is 2.16. The Hall–Kier alpha value is -1.18. The molecule has 0 atom stereocenters. The van der Waals surface area contributed by atoms with Gasteiger partial charge in [-0.25, -0.2) is 4.98 Å². The molecule has 0 radical (unpaired) electrons. The number of hydrogen-bond donors (Lipinski definition) is 3. The highest BCUT2D eigenvalue weighted by molar-refractivity contribution is 7.15. The second-order valence-electron chi connectivity index (χ2n) is 4.13. The van der Waals surface area contributed by atoms with Crippen molar-refractivity contribution in [1.82, 2.24) is 10.3 Å². The second kappa shape index (κ2) is 7.42. The topological polar surface area (TPSA) is 97.1 Å². The average Bonchev–Trinajstić information content (AvgIpc) is 2.77. The number of amides is 2. The molecule has 106 valence electrons. The van der Waals surface area contributed by atoms with E-state index < -0.39 is 0 Å². The maximum absolute atomic E-state index is 11.5. The minimum absolute atomic E-state index is 0. The number of thiazole rings is 1. The smallest absolute Gasteiger partial charge is 0.245 e. The van der Waals surface area contributed by atoms with Gasteiger partial charge < -0.3 is 16.4 Å². The summed E-state index contributed by atoms with van der Waals surface area (Å²) in [6, 6.07) is 0. The molecular weight excluding hydrogens is 288 g/mol. The number of anilines is 1. The molecule has 0 aromatic carbocycles. The Bertz CT molecular complexity index is 440. The van der Waals surface area contributed by atoms with Crippen LogP contribution in [0, 0.1) is 0 Å². The number of nitrogens with one attached hydrogen (secondary N) is 2. The van der Waals surface area contributed by atoms with E-state index in [2.05, 4.69) is 15.6 Å². The van der Waals surface area contributed by atoms with Crippen molar-refractivity contribution >= 4 is 40.7 Å². The minimum Gasteiger partial charge on any atom is -0.346 e. The van der Waals surface area contributed by atoms with Crippen LogP contribution in [0.25, 0.3) is 0 Å². The van der Waals surface area contributed by atoms with Crippen LogP contribution in [-0.2, 0) is 22.4 Å². The molecule has 0 saturated carbocycles. The summed E-state index contributed by atoms with van der Waals surface area (Å²) in [5.41, 5.74) is 6.23. The fraction of sp³-hybridized carbons (Fsp3) is 0.545. The van der Waals surface area contributed by atoms with Gasteiger partial charge in [0.2, 0.25) is 11.8 Å². The molecule has 1 aromatic rings. The number of hydrogen-bond acceptors (Lipinski definition) is 5. The lowest BCUT2D eigenvalue weighted by atomic mass is 10.0. The van der Waals surface area contributed by atoms with Gasteiger partial charge in [0.15, 0.2) is 5.13 Å². The van der Waals surface area contributed by atoms with Crippen molar-refractivity contribution in [2.24, 2.45) is 5.73 Å². The van der Waals surface area contributed by atoms with Crippen molar-refractivity contribution in [3.63, 3.8) is 0 Å². The van der Waals surface area contributed by atoms with Crippen molar-refractivity contribution in [3.05, 3.63) is 10.6 Å². The van der Waals surface area contributed by atoms with Crippen LogP contribution in [-0.4, -0.2) is 29.9 Å². The Morgan fingerprint density at radius 1 is 1.26 bits per heavy atom. The van der Waals surface area contributed by atoms with Gasteiger partial charge in [0.05, 0.1) is 18.8 Å². The second-order valence-corrected chi connectivity index (χ2v) is 5.21. The van der Waals surface area contributed by atoms with Gasteiger partial charge in [-0.15, -0.1) is 23.7 Å². The molecule has 2 rings (SSSR count). The van der Waals surface area contributed by atoms with Gasteiger partial charge in [-0.05, 0) is 25.7 Å². The first-order valence-corrected chi connectivity index (χ1v) is 6.76. The number of aromatic nitrogens is 1. The van der Waals surface area contributed by atoms with E-state index >= 15 is 0 Å². The molecule has 0 fully saturated rings. The first-order chi connectivity index (χ1) is 8.69. The zero-order valence-corrected chi connectivity index (χ0v) is 12.0. The average molecular weight is 305 g/mol. The van der Waals surface area contributed by atoms with Gasteiger partial charge in [0.25, 0.3) is 0 Å². The molecule has 8 heteroatoms. The summed E-state index contributed by atoms with van der Waals surface area (Å²) in [4.78, 5) is 28.1. The lowest BCUT2D eigenvalue weighted by molar-refractivity contribution is -0.123. The van der Waals surface area contributed by atoms with Crippen molar-refractivity contribution < 1.29 is 9.59 Å². The van der Waals surface area contributed by atoms with Crippen LogP contribution in [0.4, 0.5) is 5.13 Å². The summed E-state index contributed by atoms with van der Waals surface area (Å²) >= 11 is 1.52. The summed E-state index contributed by atoms with van der Waals surface area (Å²) < 4.78 is 0. The maximum atomic E-state index is 11.5. The van der Waals surface area contributed by atoms with Crippen LogP contribution in [0.15, 0.2) is 0 Å². The Labute approximate surface area is 121 Å². The third-order valence-electron chi connectivity index (χ3n) is 2.72. The number of carbonyl (C=O) groups excluding carboxylic acids is 2. The fourth-order valence-corrected chi connectivity index (χ4v) is 2.89. The predicted molar refractivity (Wildman–Crippen MR) is 76.7 cm³/mol. The van der Waals surface area contributed by atoms with Gasteiger partial charge in [0, 0.05) is 4.88 Å². The standard InChI is InChI=1S/C11H16N4O2S.ClH/c12-5-9(16)13-6-10(17)15-11-14-7-3-1-2-4-8(7)18-11;/h1-6,12H2,(H,13,16)(H,14,15,17);1H. The molecule has 6 nitrogen and oxygen atoms in total. The summed E-state index contributed by atoms with van der Waals surface area (Å²) in [6.07, 6.45) is 4.39. The number of aryl methyl sites for hydroxylation is 2. The number of nitrogens with two attached hydrogens (primary N) is 1. The molecule has 1 aromatic heterocycles. The van der Waals surface area contributed by atoms with Gasteiger partial charge >= 0.3 is 0 Å². The first-order valence-electron chi connectivity index (χ1n) is 5.94. The largest absolute Gasteiger partial charge is 0.346 e. The summed E-state index contributed by atoms with van der Waals surface area (Å²) in [6.45, 7) is -0.181. The number of rotatable bonds is 4. The Morgan fingerprint density at radius 3 is 2.68 bits per heavy atom. The molecule has 1 aliphatic rings. The lowest BCUT2D eigenvalue weighted by Crippen LogP contribution is -2.36. The van der Waals surface area contributed by atoms with Crippen molar-refractivity contribution in [1.29, 1.82) is 0 Å². The maximum Gasteiger partial charge on any atom is 0.245 e. The van der Waals surface area contributed by atoms with Crippen molar-refractivity contribution in [2.75, 3.05) is 18.4 Å². The predicted octanol–water partition coefficient (Wildman–Crippen LogP) is 0.457. The molecule has 0 spiro atoms. The monoisotopic (exact) mass is 304 g/mol. The van der Waals surface area contributed by atoms with Crippen molar-refractivity contribution in [2.45, 2.75) is 25.7 Å². The molecule has 1 aliphatic carbocycles. The minimum atomic E-state index is -0.344. The van der Waals surface area contributed by atoms with Gasteiger partial charge in [-0.2, -0.15) is 0 Å². The van der Waals surface area contributed by atoms with Crippen molar-refractivity contribution in [3.8, 4) is 0 Å². The summed E-state index contributed by atoms with van der Waals surface area (Å²) in [5.74, 6) is -0.619. The summed E-state index contributed by atoms with van der Waals surface area (Å²) in [5, 5.41) is 5.73. The third kappa shape index (κ3) is 4.45. The SMILES string of the molecule is Cl.NCC(=O)NCC(=O)Nc1nc2c(s1)CCCC2. The van der Waals surface area contributed by atoms with E-state index in [0.29, 0.717) is 5.13 Å². The highest BCUT2D eigenvalue weighted by atomic mass is 35.5. The number of nitrogens with zero attached hydrogens (tertiary/aromatic N) is 1. The van der Waals surface area contributed by atoms with E-state index in [1.54, 1.807) is 0 Å². The van der Waals surface area contributed by atoms with Crippen LogP contribution in [0.1, 0.15) is 23.4 Å². The van der Waals surface area contributed by atoms with Crippen LogP contribution in [0.5, 0.6) is 0 Å². The van der Waals surface area contributed by atoms with Gasteiger partial charge in [-0.1, -0.05) is 0 Å². The molecule has 0 unspecified atom stereocenters. The number of carbonyl (C=O) groups is 2. The van der Waals surface area contributed by atoms with E-state index in [1.807, 2.05) is 0 Å². The molecule has 19 heavy (non-hydrogen) atoms. The molecule has 0 aliphatic heterocycles. The normalized spacial score (nSPS) is 13.1. The van der Waals surface area contributed by atoms with Gasteiger partial charge in [0.1, 0.15) is 0 Å². The lowest BCUT2D eigenvalue weighted by Gasteiger charge is -2.06. The Morgan fingerprint density at radius 2 is 2.00 bits per heavy atom. The molecule has 1 heterocycles. The molecular formula is C11H17ClN4O2S. The van der Waals surface area contributed by atoms with E-state index in [4.69, 9.17) is 5.73 Å². The highest BCUT2D eigenvalue weighted by Crippen LogP contribution is 2.29. The first kappa shape index (κ1) is 15.9. The van der Waals surface area contributed by atoms with E-state index in [0.717, 1.165) is 25.0 Å². The molecule has 0 saturated heterocycles. The quantitative estimate of drug-likeness (QED) is 0.752. The van der Waals surface area contributed by atoms with Crippen LogP contribution in [0.2, 0.25) is 0 Å². The molecule has 0 bridgehead atoms. The zero-order valence-electron chi connectivity index (χ0n) is 10.4. The third-order valence-corrected chi connectivity index (χ3v) is 3.80. The van der Waals surface area contributed by atoms with E-state index in [1.165, 1.54) is 22.6 Å². The van der Waals surface area contributed by atoms with E-state index in [9.17, 15) is 9.59 Å². The van der Waals surface area contributed by atoms with Crippen LogP contribution < -0.4 is 16.4 Å². The van der Waals surface area contributed by atoms with Gasteiger partial charge in [-0.3, -0.25) is 9.59 Å². The van der Waals surface area contributed by atoms with Crippen LogP contribution in [0.3, 0.4) is 0 Å². The molecule has 4 N–H and O–H groups in total. The molecule has 2 amide bonds. The Balaban J connectivity index is 0.00000180. The Kier molecular flexibility index (Phi) is 6.20. The zero-order chi connectivity index (χ0) is 13.0.